The Morgan fingerprint density at radius 1 is 1.20 bits per heavy atom. The molecule has 3 aromatic heterocycles. The van der Waals surface area contributed by atoms with Crippen molar-refractivity contribution in [2.45, 2.75) is 6.54 Å². The van der Waals surface area contributed by atoms with E-state index in [9.17, 15) is 9.18 Å². The van der Waals surface area contributed by atoms with Gasteiger partial charge in [-0.25, -0.2) is 29.1 Å². The second-order valence-electron chi connectivity index (χ2n) is 6.20. The molecule has 5 N–H and O–H groups in total. The highest BCUT2D eigenvalue weighted by atomic mass is 19.1. The van der Waals surface area contributed by atoms with Gasteiger partial charge in [0.25, 0.3) is 0 Å². The van der Waals surface area contributed by atoms with Gasteiger partial charge in [0.05, 0.1) is 13.7 Å². The summed E-state index contributed by atoms with van der Waals surface area (Å²) in [5.41, 5.74) is 13.2. The molecule has 0 spiro atoms. The zero-order valence-corrected chi connectivity index (χ0v) is 15.7. The predicted octanol–water partition coefficient (Wildman–Crippen LogP) is 1.81. The number of nitrogens with two attached hydrogens (primary N) is 2. The highest BCUT2D eigenvalue weighted by Crippen LogP contribution is 2.31. The van der Waals surface area contributed by atoms with Crippen LogP contribution in [0.15, 0.2) is 36.9 Å². The highest BCUT2D eigenvalue weighted by Gasteiger charge is 2.21. The Morgan fingerprint density at radius 2 is 1.90 bits per heavy atom. The van der Waals surface area contributed by atoms with Crippen LogP contribution in [0.1, 0.15) is 5.56 Å². The van der Waals surface area contributed by atoms with Gasteiger partial charge >= 0.3 is 6.09 Å². The van der Waals surface area contributed by atoms with Gasteiger partial charge in [-0.3, -0.25) is 10.00 Å². The molecule has 4 aromatic rings. The molecule has 0 saturated carbocycles. The van der Waals surface area contributed by atoms with Gasteiger partial charge in [-0.2, -0.15) is 5.10 Å². The third kappa shape index (κ3) is 3.41. The zero-order chi connectivity index (χ0) is 21.3. The van der Waals surface area contributed by atoms with Gasteiger partial charge in [-0.1, -0.05) is 12.1 Å². The molecule has 11 nitrogen and oxygen atoms in total. The number of anilines is 3. The van der Waals surface area contributed by atoms with Crippen LogP contribution in [0, 0.1) is 5.82 Å². The Bertz CT molecular complexity index is 1220. The van der Waals surface area contributed by atoms with Gasteiger partial charge in [0.2, 0.25) is 0 Å². The number of hydrogen-bond donors (Lipinski definition) is 3. The Hall–Kier alpha value is -4.35. The first-order valence-electron chi connectivity index (χ1n) is 8.65. The lowest BCUT2D eigenvalue weighted by molar-refractivity contribution is 0.187. The quantitative estimate of drug-likeness (QED) is 0.456. The number of nitrogens with one attached hydrogen (secondary N) is 1. The van der Waals surface area contributed by atoms with Crippen LogP contribution >= 0.6 is 0 Å². The predicted molar refractivity (Wildman–Crippen MR) is 107 cm³/mol. The van der Waals surface area contributed by atoms with Crippen molar-refractivity contribution in [3.05, 3.63) is 48.3 Å². The molecule has 0 atom stereocenters. The van der Waals surface area contributed by atoms with E-state index in [1.54, 1.807) is 24.5 Å². The van der Waals surface area contributed by atoms with Crippen LogP contribution in [-0.4, -0.2) is 42.9 Å². The van der Waals surface area contributed by atoms with Crippen molar-refractivity contribution >= 4 is 34.3 Å². The van der Waals surface area contributed by atoms with Gasteiger partial charge in [0, 0.05) is 23.3 Å². The number of fused-ring (bicyclic) bond motifs is 1. The lowest BCUT2D eigenvalue weighted by atomic mass is 10.2. The van der Waals surface area contributed by atoms with Crippen LogP contribution in [0.2, 0.25) is 0 Å². The van der Waals surface area contributed by atoms with E-state index in [0.717, 1.165) is 5.56 Å². The van der Waals surface area contributed by atoms with Crippen molar-refractivity contribution in [2.24, 2.45) is 0 Å². The van der Waals surface area contributed by atoms with Crippen LogP contribution in [0.3, 0.4) is 0 Å². The van der Waals surface area contributed by atoms with Gasteiger partial charge in [0.15, 0.2) is 17.5 Å². The molecule has 1 amide bonds. The molecule has 12 heteroatoms. The Balaban J connectivity index is 1.84. The maximum Gasteiger partial charge on any atom is 0.411 e. The molecule has 4 rings (SSSR count). The molecule has 0 aliphatic heterocycles. The number of para-hydroxylation sites is 1. The third-order valence-electron chi connectivity index (χ3n) is 4.26. The summed E-state index contributed by atoms with van der Waals surface area (Å²) in [7, 11) is 1.20. The molecule has 0 aliphatic rings. The monoisotopic (exact) mass is 409 g/mol. The SMILES string of the molecule is COC(=O)Nc1c(N)nc(-c2nn(Cc3cncnc3)c3c(F)cccc23)nc1N. The molecule has 0 unspecified atom stereocenters. The summed E-state index contributed by atoms with van der Waals surface area (Å²) in [5.74, 6) is -0.552. The number of carbonyl (C=O) groups is 1. The van der Waals surface area contributed by atoms with E-state index in [2.05, 4.69) is 35.1 Å². The standard InChI is InChI=1S/C18H16FN9O2/c1-30-18(29)24-13-15(20)25-17(26-16(13)21)12-10-3-2-4-11(19)14(10)28(27-12)7-9-5-22-8-23-6-9/h2-6,8H,7H2,1H3,(H,24,29)(H4,20,21,25,26). The lowest BCUT2D eigenvalue weighted by Crippen LogP contribution is -2.16. The summed E-state index contributed by atoms with van der Waals surface area (Å²) in [4.78, 5) is 27.8. The summed E-state index contributed by atoms with van der Waals surface area (Å²) >= 11 is 0. The highest BCUT2D eigenvalue weighted by molar-refractivity contribution is 5.95. The van der Waals surface area contributed by atoms with Crippen LogP contribution in [0.5, 0.6) is 0 Å². The Labute approximate surface area is 168 Å². The number of benzene rings is 1. The van der Waals surface area contributed by atoms with Crippen LogP contribution in [0.25, 0.3) is 22.4 Å². The fraction of sp³-hybridized carbons (Fsp3) is 0.111. The van der Waals surface area contributed by atoms with E-state index in [1.165, 1.54) is 24.2 Å². The minimum absolute atomic E-state index is 0.0157. The fourth-order valence-corrected chi connectivity index (χ4v) is 2.94. The van der Waals surface area contributed by atoms with E-state index < -0.39 is 11.9 Å². The molecule has 30 heavy (non-hydrogen) atoms. The molecular formula is C18H16FN9O2. The second kappa shape index (κ2) is 7.58. The lowest BCUT2D eigenvalue weighted by Gasteiger charge is -2.10. The normalized spacial score (nSPS) is 10.9. The number of nitrogens with zero attached hydrogens (tertiary/aromatic N) is 6. The van der Waals surface area contributed by atoms with Crippen molar-refractivity contribution in [1.29, 1.82) is 0 Å². The number of methoxy groups -OCH3 is 1. The molecule has 0 saturated heterocycles. The van der Waals surface area contributed by atoms with Crippen molar-refractivity contribution in [3.63, 3.8) is 0 Å². The summed E-state index contributed by atoms with van der Waals surface area (Å²) < 4.78 is 20.6. The maximum absolute atomic E-state index is 14.6. The van der Waals surface area contributed by atoms with Crippen molar-refractivity contribution < 1.29 is 13.9 Å². The third-order valence-corrected chi connectivity index (χ3v) is 4.26. The number of ether oxygens (including phenoxy) is 1. The summed E-state index contributed by atoms with van der Waals surface area (Å²) in [6.45, 7) is 0.227. The molecule has 1 aromatic carbocycles. The average molecular weight is 409 g/mol. The first kappa shape index (κ1) is 19.0. The number of nitrogen functional groups attached to an aromatic ring is 2. The molecule has 152 valence electrons. The topological polar surface area (TPSA) is 160 Å². The molecular weight excluding hydrogens is 393 g/mol. The molecule has 0 aliphatic carbocycles. The number of hydrogen-bond acceptors (Lipinski definition) is 9. The largest absolute Gasteiger partial charge is 0.453 e. The molecule has 3 heterocycles. The van der Waals surface area contributed by atoms with E-state index in [-0.39, 0.29) is 40.9 Å². The van der Waals surface area contributed by atoms with Crippen molar-refractivity contribution in [2.75, 3.05) is 23.9 Å². The van der Waals surface area contributed by atoms with E-state index in [4.69, 9.17) is 11.5 Å². The van der Waals surface area contributed by atoms with Gasteiger partial charge in [-0.05, 0) is 6.07 Å². The Morgan fingerprint density at radius 3 is 2.57 bits per heavy atom. The number of rotatable bonds is 4. The zero-order valence-electron chi connectivity index (χ0n) is 15.7. The Kier molecular flexibility index (Phi) is 4.80. The fourth-order valence-electron chi connectivity index (χ4n) is 2.94. The van der Waals surface area contributed by atoms with Gasteiger partial charge in [0.1, 0.15) is 29.0 Å². The first-order chi connectivity index (χ1) is 14.5. The summed E-state index contributed by atoms with van der Waals surface area (Å²) in [6.07, 6.45) is 3.85. The second-order valence-corrected chi connectivity index (χ2v) is 6.20. The van der Waals surface area contributed by atoms with Crippen LogP contribution < -0.4 is 16.8 Å². The van der Waals surface area contributed by atoms with Crippen LogP contribution in [-0.2, 0) is 11.3 Å². The van der Waals surface area contributed by atoms with Crippen molar-refractivity contribution in [1.82, 2.24) is 29.7 Å². The van der Waals surface area contributed by atoms with E-state index >= 15 is 0 Å². The van der Waals surface area contributed by atoms with E-state index in [0.29, 0.717) is 5.39 Å². The number of aromatic nitrogens is 6. The number of halogens is 1. The smallest absolute Gasteiger partial charge is 0.411 e. The molecule has 0 bridgehead atoms. The van der Waals surface area contributed by atoms with Gasteiger partial charge in [-0.15, -0.1) is 0 Å². The maximum atomic E-state index is 14.6. The van der Waals surface area contributed by atoms with E-state index in [1.807, 2.05) is 0 Å². The van der Waals surface area contributed by atoms with Gasteiger partial charge < -0.3 is 16.2 Å². The molecule has 0 radical (unpaired) electrons. The van der Waals surface area contributed by atoms with Crippen molar-refractivity contribution in [3.8, 4) is 11.5 Å². The average Bonchev–Trinajstić information content (AvgIpc) is 3.10. The van der Waals surface area contributed by atoms with Crippen LogP contribution in [0.4, 0.5) is 26.5 Å². The molecule has 0 fully saturated rings. The summed E-state index contributed by atoms with van der Waals surface area (Å²) in [5, 5.41) is 7.30. The minimum Gasteiger partial charge on any atom is -0.453 e. The minimum atomic E-state index is -0.772. The number of amides is 1. The number of carbonyl (C=O) groups excluding carboxylic acids is 1. The summed E-state index contributed by atoms with van der Waals surface area (Å²) in [6, 6.07) is 4.58. The first-order valence-corrected chi connectivity index (χ1v) is 8.65.